The molecule has 7 nitrogen and oxygen atoms in total. The van der Waals surface area contributed by atoms with Crippen LogP contribution in [0.4, 0.5) is 10.5 Å². The number of hydrogen-bond acceptors (Lipinski definition) is 4. The summed E-state index contributed by atoms with van der Waals surface area (Å²) < 4.78 is 5.13. The number of benzene rings is 1. The molecule has 1 fully saturated rings. The third kappa shape index (κ3) is 3.14. The van der Waals surface area contributed by atoms with Gasteiger partial charge in [-0.15, -0.1) is 0 Å². The number of carboxylic acid groups (broad SMARTS) is 1. The maximum absolute atomic E-state index is 11.9. The third-order valence-electron chi connectivity index (χ3n) is 2.78. The number of rotatable bonds is 2. The number of nitrogens with one attached hydrogen (secondary N) is 1. The van der Waals surface area contributed by atoms with E-state index < -0.39 is 5.97 Å². The summed E-state index contributed by atoms with van der Waals surface area (Å²) >= 11 is 0. The number of carbonyl (C=O) groups is 2. The number of hydrogen-bond donors (Lipinski definition) is 3. The molecule has 1 aliphatic rings. The average molecular weight is 266 g/mol. The molecule has 1 saturated heterocycles. The number of aromatic hydroxyl groups is 1. The Labute approximate surface area is 109 Å². The summed E-state index contributed by atoms with van der Waals surface area (Å²) in [6.45, 7) is 1.86. The van der Waals surface area contributed by atoms with Gasteiger partial charge in [-0.25, -0.2) is 9.59 Å². The molecule has 0 aliphatic carbocycles. The second kappa shape index (κ2) is 5.57. The molecule has 0 aromatic heterocycles. The number of phenols is 1. The van der Waals surface area contributed by atoms with Crippen molar-refractivity contribution in [1.82, 2.24) is 4.90 Å². The largest absolute Gasteiger partial charge is 0.506 e. The molecular weight excluding hydrogens is 252 g/mol. The van der Waals surface area contributed by atoms with Crippen molar-refractivity contribution in [2.45, 2.75) is 0 Å². The Kier molecular flexibility index (Phi) is 3.86. The van der Waals surface area contributed by atoms with Gasteiger partial charge in [0.2, 0.25) is 0 Å². The summed E-state index contributed by atoms with van der Waals surface area (Å²) in [5.41, 5.74) is 0.0754. The number of ether oxygens (including phenoxy) is 1. The molecule has 3 N–H and O–H groups in total. The SMILES string of the molecule is O=C(O)c1ccc(O)c(NC(=O)N2CCOCC2)c1. The molecule has 0 atom stereocenters. The van der Waals surface area contributed by atoms with Gasteiger partial charge in [-0.3, -0.25) is 0 Å². The average Bonchev–Trinajstić information content (AvgIpc) is 2.42. The van der Waals surface area contributed by atoms with Crippen molar-refractivity contribution in [3.63, 3.8) is 0 Å². The molecule has 19 heavy (non-hydrogen) atoms. The van der Waals surface area contributed by atoms with Gasteiger partial charge in [0.05, 0.1) is 24.5 Å². The van der Waals surface area contributed by atoms with Crippen LogP contribution in [0.2, 0.25) is 0 Å². The van der Waals surface area contributed by atoms with E-state index in [0.717, 1.165) is 0 Å². The van der Waals surface area contributed by atoms with Crippen LogP contribution in [0.1, 0.15) is 10.4 Å². The summed E-state index contributed by atoms with van der Waals surface area (Å²) in [5, 5.41) is 21.0. The zero-order valence-corrected chi connectivity index (χ0v) is 10.1. The molecular formula is C12H14N2O5. The summed E-state index contributed by atoms with van der Waals surface area (Å²) in [5.74, 6) is -1.30. The van der Waals surface area contributed by atoms with Crippen LogP contribution in [0.15, 0.2) is 18.2 Å². The molecule has 0 bridgehead atoms. The van der Waals surface area contributed by atoms with Gasteiger partial charge in [0.15, 0.2) is 0 Å². The molecule has 7 heteroatoms. The normalized spacial score (nSPS) is 15.1. The van der Waals surface area contributed by atoms with E-state index in [1.165, 1.54) is 23.1 Å². The summed E-state index contributed by atoms with van der Waals surface area (Å²) in [6.07, 6.45) is 0. The number of anilines is 1. The maximum Gasteiger partial charge on any atom is 0.335 e. The molecule has 0 radical (unpaired) electrons. The fourth-order valence-corrected chi connectivity index (χ4v) is 1.73. The van der Waals surface area contributed by atoms with Crippen LogP contribution < -0.4 is 5.32 Å². The van der Waals surface area contributed by atoms with E-state index in [2.05, 4.69) is 5.32 Å². The third-order valence-corrected chi connectivity index (χ3v) is 2.78. The number of phenolic OH excluding ortho intramolecular Hbond substituents is 1. The van der Waals surface area contributed by atoms with Gasteiger partial charge in [0, 0.05) is 13.1 Å². The summed E-state index contributed by atoms with van der Waals surface area (Å²) in [7, 11) is 0. The van der Waals surface area contributed by atoms with E-state index in [4.69, 9.17) is 9.84 Å². The second-order valence-electron chi connectivity index (χ2n) is 4.07. The van der Waals surface area contributed by atoms with Crippen LogP contribution in [-0.4, -0.2) is 53.4 Å². The second-order valence-corrected chi connectivity index (χ2v) is 4.07. The molecule has 2 amide bonds. The lowest BCUT2D eigenvalue weighted by molar-refractivity contribution is 0.0564. The van der Waals surface area contributed by atoms with E-state index in [0.29, 0.717) is 26.3 Å². The van der Waals surface area contributed by atoms with Gasteiger partial charge in [-0.1, -0.05) is 0 Å². The smallest absolute Gasteiger partial charge is 0.335 e. The predicted octanol–water partition coefficient (Wildman–Crippen LogP) is 0.954. The summed E-state index contributed by atoms with van der Waals surface area (Å²) in [4.78, 5) is 24.3. The Morgan fingerprint density at radius 3 is 2.58 bits per heavy atom. The van der Waals surface area contributed by atoms with E-state index in [1.807, 2.05) is 0 Å². The molecule has 1 aromatic carbocycles. The fourth-order valence-electron chi connectivity index (χ4n) is 1.73. The number of carbonyl (C=O) groups excluding carboxylic acids is 1. The van der Waals surface area contributed by atoms with Crippen molar-refractivity contribution in [2.75, 3.05) is 31.6 Å². The number of amides is 2. The van der Waals surface area contributed by atoms with E-state index in [1.54, 1.807) is 0 Å². The van der Waals surface area contributed by atoms with Crippen molar-refractivity contribution in [2.24, 2.45) is 0 Å². The van der Waals surface area contributed by atoms with E-state index in [-0.39, 0.29) is 23.0 Å². The Morgan fingerprint density at radius 1 is 1.26 bits per heavy atom. The van der Waals surface area contributed by atoms with Gasteiger partial charge in [0.1, 0.15) is 5.75 Å². The van der Waals surface area contributed by atoms with Crippen LogP contribution >= 0.6 is 0 Å². The first-order chi connectivity index (χ1) is 9.08. The lowest BCUT2D eigenvalue weighted by Gasteiger charge is -2.27. The minimum absolute atomic E-state index is 0.00456. The van der Waals surface area contributed by atoms with Gasteiger partial charge in [-0.05, 0) is 18.2 Å². The van der Waals surface area contributed by atoms with E-state index >= 15 is 0 Å². The highest BCUT2D eigenvalue weighted by atomic mass is 16.5. The molecule has 1 heterocycles. The van der Waals surface area contributed by atoms with Gasteiger partial charge >= 0.3 is 12.0 Å². The quantitative estimate of drug-likeness (QED) is 0.692. The monoisotopic (exact) mass is 266 g/mol. The Bertz CT molecular complexity index is 497. The molecule has 102 valence electrons. The number of aromatic carboxylic acids is 1. The van der Waals surface area contributed by atoms with Crippen LogP contribution in [0.25, 0.3) is 0 Å². The molecule has 2 rings (SSSR count). The van der Waals surface area contributed by atoms with Gasteiger partial charge in [0.25, 0.3) is 0 Å². The highest BCUT2D eigenvalue weighted by molar-refractivity contribution is 5.94. The number of morpholine rings is 1. The Hall–Kier alpha value is -2.28. The molecule has 0 saturated carbocycles. The van der Waals surface area contributed by atoms with E-state index in [9.17, 15) is 14.7 Å². The summed E-state index contributed by atoms with van der Waals surface area (Å²) in [6, 6.07) is 3.33. The number of nitrogens with zero attached hydrogens (tertiary/aromatic N) is 1. The number of carboxylic acids is 1. The highest BCUT2D eigenvalue weighted by Gasteiger charge is 2.18. The zero-order chi connectivity index (χ0) is 13.8. The highest BCUT2D eigenvalue weighted by Crippen LogP contribution is 2.24. The maximum atomic E-state index is 11.9. The molecule has 1 aromatic rings. The fraction of sp³-hybridized carbons (Fsp3) is 0.333. The molecule has 1 aliphatic heterocycles. The van der Waals surface area contributed by atoms with Gasteiger partial charge in [-0.2, -0.15) is 0 Å². The predicted molar refractivity (Wildman–Crippen MR) is 66.5 cm³/mol. The van der Waals surface area contributed by atoms with Crippen LogP contribution in [-0.2, 0) is 4.74 Å². The van der Waals surface area contributed by atoms with Crippen molar-refractivity contribution in [3.8, 4) is 5.75 Å². The van der Waals surface area contributed by atoms with Crippen LogP contribution in [0.3, 0.4) is 0 Å². The number of urea groups is 1. The minimum Gasteiger partial charge on any atom is -0.506 e. The van der Waals surface area contributed by atoms with Crippen LogP contribution in [0, 0.1) is 0 Å². The first-order valence-electron chi connectivity index (χ1n) is 5.78. The molecule has 0 spiro atoms. The first-order valence-corrected chi connectivity index (χ1v) is 5.78. The molecule has 0 unspecified atom stereocenters. The van der Waals surface area contributed by atoms with Crippen molar-refractivity contribution >= 4 is 17.7 Å². The minimum atomic E-state index is -1.12. The van der Waals surface area contributed by atoms with Crippen molar-refractivity contribution in [3.05, 3.63) is 23.8 Å². The van der Waals surface area contributed by atoms with Crippen molar-refractivity contribution in [1.29, 1.82) is 0 Å². The zero-order valence-electron chi connectivity index (χ0n) is 10.1. The topological polar surface area (TPSA) is 99.1 Å². The Morgan fingerprint density at radius 2 is 1.95 bits per heavy atom. The van der Waals surface area contributed by atoms with Crippen molar-refractivity contribution < 1.29 is 24.5 Å². The van der Waals surface area contributed by atoms with Gasteiger partial charge < -0.3 is 25.2 Å². The van der Waals surface area contributed by atoms with Crippen LogP contribution in [0.5, 0.6) is 5.75 Å². The lowest BCUT2D eigenvalue weighted by atomic mass is 10.2. The standard InChI is InChI=1S/C12H14N2O5/c15-10-2-1-8(11(16)17)7-9(10)13-12(18)14-3-5-19-6-4-14/h1-2,7,15H,3-6H2,(H,13,18)(H,16,17). The Balaban J connectivity index is 2.11. The first kappa shape index (κ1) is 13.2. The lowest BCUT2D eigenvalue weighted by Crippen LogP contribution is -2.43.